The van der Waals surface area contributed by atoms with Crippen molar-refractivity contribution in [2.24, 2.45) is 5.92 Å². The molecule has 0 bridgehead atoms. The Morgan fingerprint density at radius 1 is 1.38 bits per heavy atom. The average Bonchev–Trinajstić information content (AvgIpc) is 2.77. The van der Waals surface area contributed by atoms with Crippen LogP contribution in [0.1, 0.15) is 30.1 Å². The molecule has 0 radical (unpaired) electrons. The quantitative estimate of drug-likeness (QED) is 0.719. The number of likely N-dealkylation sites (tertiary alicyclic amines) is 1. The van der Waals surface area contributed by atoms with E-state index in [1.165, 1.54) is 11.3 Å². The van der Waals surface area contributed by atoms with Crippen molar-refractivity contribution >= 4 is 54.9 Å². The standard InChI is InChI=1S/C14H18Br2N2O2S/c1-9(19)17-7-10-2-4-18(5-3-10)8-12(20)11-6-13(15)21-14(11)16/h6,10H,2-5,7-8H2,1H3,(H,17,19). The fraction of sp³-hybridized carbons (Fsp3) is 0.571. The van der Waals surface area contributed by atoms with Crippen molar-refractivity contribution < 1.29 is 9.59 Å². The number of hydrogen-bond donors (Lipinski definition) is 1. The number of hydrogen-bond acceptors (Lipinski definition) is 4. The fourth-order valence-corrected chi connectivity index (χ4v) is 5.31. The molecule has 0 atom stereocenters. The summed E-state index contributed by atoms with van der Waals surface area (Å²) in [5.41, 5.74) is 0.757. The minimum absolute atomic E-state index is 0.0282. The molecule has 0 aliphatic carbocycles. The maximum Gasteiger partial charge on any atom is 0.216 e. The molecular formula is C14H18Br2N2O2S. The van der Waals surface area contributed by atoms with Gasteiger partial charge in [-0.05, 0) is 69.8 Å². The second-order valence-electron chi connectivity index (χ2n) is 5.32. The topological polar surface area (TPSA) is 49.4 Å². The average molecular weight is 438 g/mol. The van der Waals surface area contributed by atoms with E-state index in [1.54, 1.807) is 6.92 Å². The van der Waals surface area contributed by atoms with Crippen LogP contribution in [0.2, 0.25) is 0 Å². The van der Waals surface area contributed by atoms with Crippen LogP contribution < -0.4 is 5.32 Å². The van der Waals surface area contributed by atoms with Gasteiger partial charge in [0.1, 0.15) is 0 Å². The first-order valence-electron chi connectivity index (χ1n) is 6.90. The zero-order valence-electron chi connectivity index (χ0n) is 11.8. The molecule has 1 amide bonds. The van der Waals surface area contributed by atoms with Crippen LogP contribution >= 0.6 is 43.2 Å². The van der Waals surface area contributed by atoms with E-state index in [0.717, 1.165) is 45.6 Å². The van der Waals surface area contributed by atoms with Gasteiger partial charge in [0.2, 0.25) is 5.91 Å². The van der Waals surface area contributed by atoms with Crippen LogP contribution in [0.3, 0.4) is 0 Å². The second-order valence-corrected chi connectivity index (χ2v) is 9.07. The lowest BCUT2D eigenvalue weighted by Gasteiger charge is -2.31. The first kappa shape index (κ1) is 17.1. The molecule has 0 saturated carbocycles. The van der Waals surface area contributed by atoms with Crippen molar-refractivity contribution in [3.8, 4) is 0 Å². The smallest absolute Gasteiger partial charge is 0.216 e. The number of nitrogens with one attached hydrogen (secondary N) is 1. The third kappa shape index (κ3) is 5.16. The van der Waals surface area contributed by atoms with E-state index in [4.69, 9.17) is 0 Å². The molecule has 7 heteroatoms. The number of carbonyl (C=O) groups is 2. The van der Waals surface area contributed by atoms with Crippen molar-refractivity contribution in [1.29, 1.82) is 0 Å². The van der Waals surface area contributed by atoms with E-state index in [-0.39, 0.29) is 11.7 Å². The SMILES string of the molecule is CC(=O)NCC1CCN(CC(=O)c2cc(Br)sc2Br)CC1. The highest BCUT2D eigenvalue weighted by molar-refractivity contribution is 9.12. The second kappa shape index (κ2) is 7.85. The maximum absolute atomic E-state index is 12.3. The predicted octanol–water partition coefficient (Wildman–Crippen LogP) is 3.30. The molecule has 1 N–H and O–H groups in total. The summed E-state index contributed by atoms with van der Waals surface area (Å²) in [6, 6.07) is 1.88. The lowest BCUT2D eigenvalue weighted by atomic mass is 9.96. The van der Waals surface area contributed by atoms with Gasteiger partial charge in [0.05, 0.1) is 14.1 Å². The summed E-state index contributed by atoms with van der Waals surface area (Å²) < 4.78 is 1.85. The van der Waals surface area contributed by atoms with Crippen LogP contribution in [0.25, 0.3) is 0 Å². The van der Waals surface area contributed by atoms with Gasteiger partial charge in [0.25, 0.3) is 0 Å². The third-order valence-corrected chi connectivity index (χ3v) is 6.01. The van der Waals surface area contributed by atoms with Gasteiger partial charge in [-0.1, -0.05) is 0 Å². The van der Waals surface area contributed by atoms with Gasteiger partial charge in [-0.15, -0.1) is 11.3 Å². The summed E-state index contributed by atoms with van der Waals surface area (Å²) in [6.45, 7) is 4.59. The largest absolute Gasteiger partial charge is 0.356 e. The van der Waals surface area contributed by atoms with Gasteiger partial charge >= 0.3 is 0 Å². The van der Waals surface area contributed by atoms with Crippen molar-refractivity contribution in [3.05, 3.63) is 19.2 Å². The Kier molecular flexibility index (Phi) is 6.40. The summed E-state index contributed by atoms with van der Waals surface area (Å²) in [7, 11) is 0. The molecule has 1 saturated heterocycles. The van der Waals surface area contributed by atoms with Crippen LogP contribution in [0.15, 0.2) is 13.6 Å². The van der Waals surface area contributed by atoms with Gasteiger partial charge in [-0.25, -0.2) is 0 Å². The van der Waals surface area contributed by atoms with Crippen LogP contribution in [-0.4, -0.2) is 42.8 Å². The number of Topliss-reactive ketones (excluding diaryl/α,β-unsaturated/α-hetero) is 1. The number of thiophene rings is 1. The zero-order chi connectivity index (χ0) is 15.4. The molecule has 0 spiro atoms. The van der Waals surface area contributed by atoms with E-state index in [9.17, 15) is 9.59 Å². The van der Waals surface area contributed by atoms with E-state index >= 15 is 0 Å². The van der Waals surface area contributed by atoms with Gasteiger partial charge in [-0.2, -0.15) is 0 Å². The molecule has 1 aliphatic rings. The first-order valence-corrected chi connectivity index (χ1v) is 9.30. The first-order chi connectivity index (χ1) is 9.95. The van der Waals surface area contributed by atoms with E-state index in [0.29, 0.717) is 12.5 Å². The molecule has 2 heterocycles. The number of rotatable bonds is 5. The molecular weight excluding hydrogens is 420 g/mol. The van der Waals surface area contributed by atoms with E-state index in [1.807, 2.05) is 6.07 Å². The number of halogens is 2. The van der Waals surface area contributed by atoms with E-state index < -0.39 is 0 Å². The maximum atomic E-state index is 12.3. The lowest BCUT2D eigenvalue weighted by Crippen LogP contribution is -2.40. The Morgan fingerprint density at radius 3 is 2.57 bits per heavy atom. The Morgan fingerprint density at radius 2 is 2.05 bits per heavy atom. The number of ketones is 1. The molecule has 116 valence electrons. The summed E-state index contributed by atoms with van der Waals surface area (Å²) in [5, 5.41) is 2.87. The summed E-state index contributed by atoms with van der Waals surface area (Å²) in [4.78, 5) is 25.4. The Labute approximate surface area is 145 Å². The van der Waals surface area contributed by atoms with Crippen molar-refractivity contribution in [1.82, 2.24) is 10.2 Å². The normalized spacial score (nSPS) is 16.9. The minimum Gasteiger partial charge on any atom is -0.356 e. The summed E-state index contributed by atoms with van der Waals surface area (Å²) in [5.74, 6) is 0.715. The number of carbonyl (C=O) groups excluding carboxylic acids is 2. The Bertz CT molecular complexity index is 525. The summed E-state index contributed by atoms with van der Waals surface area (Å²) >= 11 is 8.36. The van der Waals surface area contributed by atoms with Crippen LogP contribution in [0, 0.1) is 5.92 Å². The molecule has 4 nitrogen and oxygen atoms in total. The highest BCUT2D eigenvalue weighted by Crippen LogP contribution is 2.32. The molecule has 1 aliphatic heterocycles. The number of nitrogens with zero attached hydrogens (tertiary/aromatic N) is 1. The monoisotopic (exact) mass is 436 g/mol. The molecule has 1 fully saturated rings. The van der Waals surface area contributed by atoms with Crippen molar-refractivity contribution in [2.75, 3.05) is 26.2 Å². The Balaban J connectivity index is 1.79. The number of amides is 1. The van der Waals surface area contributed by atoms with Gasteiger partial charge in [0.15, 0.2) is 5.78 Å². The molecule has 2 rings (SSSR count). The van der Waals surface area contributed by atoms with Crippen LogP contribution in [-0.2, 0) is 4.79 Å². The molecule has 1 aromatic heterocycles. The van der Waals surface area contributed by atoms with Crippen molar-refractivity contribution in [3.63, 3.8) is 0 Å². The van der Waals surface area contributed by atoms with Gasteiger partial charge < -0.3 is 5.32 Å². The molecule has 0 unspecified atom stereocenters. The Hall–Kier alpha value is -0.240. The lowest BCUT2D eigenvalue weighted by molar-refractivity contribution is -0.119. The molecule has 21 heavy (non-hydrogen) atoms. The van der Waals surface area contributed by atoms with Crippen molar-refractivity contribution in [2.45, 2.75) is 19.8 Å². The third-order valence-electron chi connectivity index (χ3n) is 3.67. The number of piperidine rings is 1. The van der Waals surface area contributed by atoms with E-state index in [2.05, 4.69) is 42.1 Å². The van der Waals surface area contributed by atoms with Crippen LogP contribution in [0.4, 0.5) is 0 Å². The molecule has 1 aromatic rings. The van der Waals surface area contributed by atoms with Gasteiger partial charge in [0, 0.05) is 19.0 Å². The molecule has 0 aromatic carbocycles. The summed E-state index contributed by atoms with van der Waals surface area (Å²) in [6.07, 6.45) is 2.06. The highest BCUT2D eigenvalue weighted by Gasteiger charge is 2.22. The fourth-order valence-electron chi connectivity index (χ4n) is 2.46. The predicted molar refractivity (Wildman–Crippen MR) is 91.9 cm³/mol. The zero-order valence-corrected chi connectivity index (χ0v) is 15.8. The minimum atomic E-state index is 0.0282. The van der Waals surface area contributed by atoms with Crippen LogP contribution in [0.5, 0.6) is 0 Å². The highest BCUT2D eigenvalue weighted by atomic mass is 79.9. The van der Waals surface area contributed by atoms with Gasteiger partial charge in [-0.3, -0.25) is 14.5 Å².